The summed E-state index contributed by atoms with van der Waals surface area (Å²) in [5, 5.41) is 2.52. The van der Waals surface area contributed by atoms with Crippen molar-refractivity contribution in [2.75, 3.05) is 14.2 Å². The second-order valence-corrected chi connectivity index (χ2v) is 3.14. The van der Waals surface area contributed by atoms with Crippen LogP contribution in [0.15, 0.2) is 18.2 Å². The third-order valence-electron chi connectivity index (χ3n) is 2.14. The van der Waals surface area contributed by atoms with Crippen LogP contribution in [-0.4, -0.2) is 20.1 Å². The van der Waals surface area contributed by atoms with E-state index in [1.165, 1.54) is 13.2 Å². The molecule has 3 nitrogen and oxygen atoms in total. The van der Waals surface area contributed by atoms with Gasteiger partial charge in [-0.15, -0.1) is 0 Å². The Morgan fingerprint density at radius 3 is 2.80 bits per heavy atom. The summed E-state index contributed by atoms with van der Waals surface area (Å²) in [6.07, 6.45) is 0.892. The van der Waals surface area contributed by atoms with Crippen LogP contribution in [0.2, 0.25) is 0 Å². The van der Waals surface area contributed by atoms with Crippen LogP contribution in [0.5, 0.6) is 5.75 Å². The maximum absolute atomic E-state index is 13.2. The lowest BCUT2D eigenvalue weighted by Crippen LogP contribution is -2.17. The third kappa shape index (κ3) is 3.23. The highest BCUT2D eigenvalue weighted by molar-refractivity contribution is 5.75. The first kappa shape index (κ1) is 11.5. The van der Waals surface area contributed by atoms with Gasteiger partial charge in [-0.05, 0) is 24.1 Å². The molecule has 0 saturated carbocycles. The molecule has 0 unspecified atom stereocenters. The Bertz CT molecular complexity index is 352. The Labute approximate surface area is 88.2 Å². The summed E-state index contributed by atoms with van der Waals surface area (Å²) in [4.78, 5) is 11.0. The van der Waals surface area contributed by atoms with E-state index < -0.39 is 5.82 Å². The summed E-state index contributed by atoms with van der Waals surface area (Å²) in [5.74, 6) is -0.225. The molecule has 15 heavy (non-hydrogen) atoms. The zero-order valence-electron chi connectivity index (χ0n) is 8.84. The zero-order valence-corrected chi connectivity index (χ0v) is 8.84. The van der Waals surface area contributed by atoms with Crippen molar-refractivity contribution in [1.29, 1.82) is 0 Å². The molecule has 0 aliphatic carbocycles. The SMILES string of the molecule is CNC(=O)CCc1ccc(OC)c(F)c1. The molecule has 0 fully saturated rings. The minimum Gasteiger partial charge on any atom is -0.494 e. The number of hydrogen-bond acceptors (Lipinski definition) is 2. The molecule has 1 aromatic carbocycles. The third-order valence-corrected chi connectivity index (χ3v) is 2.14. The number of methoxy groups -OCH3 is 1. The highest BCUT2D eigenvalue weighted by atomic mass is 19.1. The first-order valence-corrected chi connectivity index (χ1v) is 4.70. The summed E-state index contributed by atoms with van der Waals surface area (Å²) in [5.41, 5.74) is 0.789. The van der Waals surface area contributed by atoms with Crippen molar-refractivity contribution in [3.05, 3.63) is 29.6 Å². The molecule has 4 heteroatoms. The van der Waals surface area contributed by atoms with Crippen LogP contribution < -0.4 is 10.1 Å². The average molecular weight is 211 g/mol. The number of rotatable bonds is 4. The molecule has 0 saturated heterocycles. The predicted molar refractivity (Wildman–Crippen MR) is 55.3 cm³/mol. The van der Waals surface area contributed by atoms with Crippen LogP contribution in [0.1, 0.15) is 12.0 Å². The highest BCUT2D eigenvalue weighted by Gasteiger charge is 2.04. The van der Waals surface area contributed by atoms with Gasteiger partial charge in [-0.3, -0.25) is 4.79 Å². The van der Waals surface area contributed by atoms with Crippen LogP contribution in [-0.2, 0) is 11.2 Å². The summed E-state index contributed by atoms with van der Waals surface area (Å²) < 4.78 is 18.0. The lowest BCUT2D eigenvalue weighted by atomic mass is 10.1. The van der Waals surface area contributed by atoms with Gasteiger partial charge in [0.2, 0.25) is 5.91 Å². The van der Waals surface area contributed by atoms with Gasteiger partial charge in [-0.25, -0.2) is 4.39 Å². The molecule has 0 heterocycles. The maximum Gasteiger partial charge on any atom is 0.220 e. The summed E-state index contributed by atoms with van der Waals surface area (Å²) in [6, 6.07) is 4.71. The molecular formula is C11H14FNO2. The molecule has 1 N–H and O–H groups in total. The number of aryl methyl sites for hydroxylation is 1. The van der Waals surface area contributed by atoms with E-state index in [9.17, 15) is 9.18 Å². The molecule has 82 valence electrons. The second kappa shape index (κ2) is 5.34. The molecule has 1 aromatic rings. The van der Waals surface area contributed by atoms with Gasteiger partial charge in [-0.1, -0.05) is 6.07 Å². The Hall–Kier alpha value is -1.58. The number of benzene rings is 1. The molecule has 0 atom stereocenters. The first-order chi connectivity index (χ1) is 7.17. The van der Waals surface area contributed by atoms with Crippen molar-refractivity contribution in [3.8, 4) is 5.75 Å². The lowest BCUT2D eigenvalue weighted by Gasteiger charge is -2.04. The number of halogens is 1. The Balaban J connectivity index is 2.63. The van der Waals surface area contributed by atoms with E-state index in [-0.39, 0.29) is 11.7 Å². The van der Waals surface area contributed by atoms with Crippen molar-refractivity contribution in [2.45, 2.75) is 12.8 Å². The quantitative estimate of drug-likeness (QED) is 0.819. The number of amides is 1. The maximum atomic E-state index is 13.2. The summed E-state index contributed by atoms with van der Waals surface area (Å²) in [6.45, 7) is 0. The van der Waals surface area contributed by atoms with Crippen LogP contribution in [0.4, 0.5) is 4.39 Å². The second-order valence-electron chi connectivity index (χ2n) is 3.14. The molecule has 0 aromatic heterocycles. The molecule has 0 radical (unpaired) electrons. The predicted octanol–water partition coefficient (Wildman–Crippen LogP) is 1.51. The summed E-state index contributed by atoms with van der Waals surface area (Å²) >= 11 is 0. The largest absolute Gasteiger partial charge is 0.494 e. The minimum atomic E-state index is -0.396. The molecule has 0 aliphatic rings. The van der Waals surface area contributed by atoms with Crippen molar-refractivity contribution in [1.82, 2.24) is 5.32 Å². The van der Waals surface area contributed by atoms with Gasteiger partial charge in [0.15, 0.2) is 11.6 Å². The Morgan fingerprint density at radius 2 is 2.27 bits per heavy atom. The van der Waals surface area contributed by atoms with E-state index in [1.54, 1.807) is 19.2 Å². The van der Waals surface area contributed by atoms with Crippen LogP contribution in [0, 0.1) is 5.82 Å². The van der Waals surface area contributed by atoms with Crippen molar-refractivity contribution < 1.29 is 13.9 Å². The van der Waals surface area contributed by atoms with E-state index in [0.29, 0.717) is 12.8 Å². The van der Waals surface area contributed by atoms with E-state index >= 15 is 0 Å². The fourth-order valence-electron chi connectivity index (χ4n) is 1.25. The fraction of sp³-hybridized carbons (Fsp3) is 0.364. The van der Waals surface area contributed by atoms with E-state index in [1.807, 2.05) is 0 Å². The number of carbonyl (C=O) groups excluding carboxylic acids is 1. The Morgan fingerprint density at radius 1 is 1.53 bits per heavy atom. The fourth-order valence-corrected chi connectivity index (χ4v) is 1.25. The zero-order chi connectivity index (χ0) is 11.3. The van der Waals surface area contributed by atoms with Gasteiger partial charge < -0.3 is 10.1 Å². The molecular weight excluding hydrogens is 197 g/mol. The topological polar surface area (TPSA) is 38.3 Å². The van der Waals surface area contributed by atoms with Crippen LogP contribution in [0.3, 0.4) is 0 Å². The lowest BCUT2D eigenvalue weighted by molar-refractivity contribution is -0.120. The number of nitrogens with one attached hydrogen (secondary N) is 1. The van der Waals surface area contributed by atoms with E-state index in [4.69, 9.17) is 4.74 Å². The van der Waals surface area contributed by atoms with E-state index in [0.717, 1.165) is 5.56 Å². The number of carbonyl (C=O) groups is 1. The van der Waals surface area contributed by atoms with Gasteiger partial charge in [0.1, 0.15) is 0 Å². The van der Waals surface area contributed by atoms with Crippen molar-refractivity contribution in [2.24, 2.45) is 0 Å². The van der Waals surface area contributed by atoms with E-state index in [2.05, 4.69) is 5.32 Å². The smallest absolute Gasteiger partial charge is 0.220 e. The van der Waals surface area contributed by atoms with Gasteiger partial charge in [0, 0.05) is 13.5 Å². The van der Waals surface area contributed by atoms with Crippen LogP contribution in [0.25, 0.3) is 0 Å². The molecule has 0 spiro atoms. The highest BCUT2D eigenvalue weighted by Crippen LogP contribution is 2.18. The van der Waals surface area contributed by atoms with Crippen molar-refractivity contribution >= 4 is 5.91 Å². The van der Waals surface area contributed by atoms with Gasteiger partial charge in [0.05, 0.1) is 7.11 Å². The first-order valence-electron chi connectivity index (χ1n) is 4.70. The van der Waals surface area contributed by atoms with Gasteiger partial charge in [0.25, 0.3) is 0 Å². The van der Waals surface area contributed by atoms with Gasteiger partial charge in [-0.2, -0.15) is 0 Å². The van der Waals surface area contributed by atoms with Crippen LogP contribution >= 0.6 is 0 Å². The number of ether oxygens (including phenoxy) is 1. The van der Waals surface area contributed by atoms with Crippen molar-refractivity contribution in [3.63, 3.8) is 0 Å². The molecule has 0 aliphatic heterocycles. The molecule has 1 amide bonds. The molecule has 1 rings (SSSR count). The Kier molecular flexibility index (Phi) is 4.09. The minimum absolute atomic E-state index is 0.0498. The molecule has 0 bridgehead atoms. The normalized spacial score (nSPS) is 9.80. The summed E-state index contributed by atoms with van der Waals surface area (Å²) in [7, 11) is 3.00. The standard InChI is InChI=1S/C11H14FNO2/c1-13-11(14)6-4-8-3-5-10(15-2)9(12)7-8/h3,5,7H,4,6H2,1-2H3,(H,13,14). The van der Waals surface area contributed by atoms with Gasteiger partial charge >= 0.3 is 0 Å². The number of hydrogen-bond donors (Lipinski definition) is 1. The average Bonchev–Trinajstić information content (AvgIpc) is 2.26. The monoisotopic (exact) mass is 211 g/mol.